The maximum Gasteiger partial charge on any atom is 0.257 e. The number of amides is 2. The van der Waals surface area contributed by atoms with Crippen molar-refractivity contribution in [2.75, 3.05) is 6.54 Å². The average Bonchev–Trinajstić information content (AvgIpc) is 2.83. The van der Waals surface area contributed by atoms with Crippen LogP contribution >= 0.6 is 0 Å². The largest absolute Gasteiger partial charge is 0.274 e. The van der Waals surface area contributed by atoms with Crippen LogP contribution in [0.3, 0.4) is 0 Å². The number of nitrogens with zero attached hydrogens (tertiary/aromatic N) is 1. The number of likely N-dealkylation sites (tertiary alicyclic amines) is 1. The van der Waals surface area contributed by atoms with E-state index in [-0.39, 0.29) is 23.1 Å². The highest BCUT2D eigenvalue weighted by Gasteiger charge is 2.59. The second kappa shape index (κ2) is 2.84. The van der Waals surface area contributed by atoms with Gasteiger partial charge >= 0.3 is 0 Å². The number of allylic oxidation sites excluding steroid dienone is 1. The minimum Gasteiger partial charge on any atom is -0.274 e. The lowest BCUT2D eigenvalue weighted by atomic mass is 9.75. The number of hydrogen-bond donors (Lipinski definition) is 0. The van der Waals surface area contributed by atoms with E-state index >= 15 is 0 Å². The summed E-state index contributed by atoms with van der Waals surface area (Å²) in [6.45, 7) is 6.08. The van der Waals surface area contributed by atoms with Crippen LogP contribution in [0, 0.1) is 11.3 Å². The molecule has 0 radical (unpaired) electrons. The molecule has 1 aliphatic heterocycles. The minimum absolute atomic E-state index is 0.00269. The van der Waals surface area contributed by atoms with Crippen molar-refractivity contribution in [1.29, 1.82) is 0 Å². The van der Waals surface area contributed by atoms with E-state index in [9.17, 15) is 9.59 Å². The Balaban J connectivity index is 2.08. The standard InChI is InChI=1S/C13H15NO2/c1-3-6-14-11(15)9-8-4-5-13(2,7-8)10(9)12(14)16/h3,10H,1,4-7H2,2H3. The Hall–Kier alpha value is -1.38. The number of carbonyl (C=O) groups excluding carboxylic acids is 2. The van der Waals surface area contributed by atoms with Crippen molar-refractivity contribution < 1.29 is 9.59 Å². The van der Waals surface area contributed by atoms with Gasteiger partial charge in [-0.1, -0.05) is 18.6 Å². The van der Waals surface area contributed by atoms with Crippen LogP contribution in [0.4, 0.5) is 0 Å². The van der Waals surface area contributed by atoms with Gasteiger partial charge in [0, 0.05) is 12.1 Å². The zero-order valence-corrected chi connectivity index (χ0v) is 9.45. The fourth-order valence-corrected chi connectivity index (χ4v) is 3.53. The smallest absolute Gasteiger partial charge is 0.257 e. The first kappa shape index (κ1) is 9.82. The molecule has 3 aliphatic rings. The molecule has 2 atom stereocenters. The summed E-state index contributed by atoms with van der Waals surface area (Å²) in [5, 5.41) is 0. The quantitative estimate of drug-likeness (QED) is 0.521. The zero-order chi connectivity index (χ0) is 11.5. The lowest BCUT2D eigenvalue weighted by Crippen LogP contribution is -2.35. The molecule has 3 heteroatoms. The monoisotopic (exact) mass is 217 g/mol. The van der Waals surface area contributed by atoms with Gasteiger partial charge in [-0.15, -0.1) is 6.58 Å². The Kier molecular flexibility index (Phi) is 1.74. The lowest BCUT2D eigenvalue weighted by Gasteiger charge is -2.27. The third-order valence-corrected chi connectivity index (χ3v) is 4.28. The molecule has 0 aromatic rings. The van der Waals surface area contributed by atoms with E-state index in [4.69, 9.17) is 0 Å². The van der Waals surface area contributed by atoms with E-state index in [0.29, 0.717) is 6.54 Å². The molecule has 0 aromatic carbocycles. The lowest BCUT2D eigenvalue weighted by molar-refractivity contribution is -0.139. The van der Waals surface area contributed by atoms with E-state index in [2.05, 4.69) is 13.5 Å². The predicted octanol–water partition coefficient (Wildman–Crippen LogP) is 1.66. The molecule has 2 unspecified atom stereocenters. The van der Waals surface area contributed by atoms with Crippen LogP contribution in [-0.2, 0) is 9.59 Å². The fourth-order valence-electron chi connectivity index (χ4n) is 3.53. The maximum atomic E-state index is 12.2. The molecule has 16 heavy (non-hydrogen) atoms. The average molecular weight is 217 g/mol. The van der Waals surface area contributed by atoms with Gasteiger partial charge in [0.15, 0.2) is 0 Å². The molecule has 3 rings (SSSR count). The second-order valence-corrected chi connectivity index (χ2v) is 5.32. The van der Waals surface area contributed by atoms with Crippen LogP contribution in [-0.4, -0.2) is 23.3 Å². The van der Waals surface area contributed by atoms with Crippen LogP contribution in [0.15, 0.2) is 23.8 Å². The molecule has 0 N–H and O–H groups in total. The summed E-state index contributed by atoms with van der Waals surface area (Å²) in [5.74, 6) is -0.214. The van der Waals surface area contributed by atoms with Crippen LogP contribution in [0.1, 0.15) is 26.2 Å². The Morgan fingerprint density at radius 1 is 1.56 bits per heavy atom. The summed E-state index contributed by atoms with van der Waals surface area (Å²) in [6.07, 6.45) is 4.62. The van der Waals surface area contributed by atoms with Gasteiger partial charge in [0.1, 0.15) is 0 Å². The topological polar surface area (TPSA) is 37.4 Å². The summed E-state index contributed by atoms with van der Waals surface area (Å²) in [5.41, 5.74) is 2.07. The van der Waals surface area contributed by atoms with Gasteiger partial charge in [0.05, 0.1) is 5.92 Å². The molecule has 84 valence electrons. The number of carbonyl (C=O) groups is 2. The molecule has 2 bridgehead atoms. The predicted molar refractivity (Wildman–Crippen MR) is 59.4 cm³/mol. The van der Waals surface area contributed by atoms with Crippen molar-refractivity contribution in [1.82, 2.24) is 4.90 Å². The molecule has 1 saturated carbocycles. The molecule has 3 nitrogen and oxygen atoms in total. The van der Waals surface area contributed by atoms with Gasteiger partial charge in [-0.05, 0) is 24.7 Å². The molecular formula is C13H15NO2. The van der Waals surface area contributed by atoms with Gasteiger partial charge < -0.3 is 0 Å². The summed E-state index contributed by atoms with van der Waals surface area (Å²) in [7, 11) is 0. The van der Waals surface area contributed by atoms with Crippen molar-refractivity contribution in [3.05, 3.63) is 23.8 Å². The molecule has 1 heterocycles. The third-order valence-electron chi connectivity index (χ3n) is 4.28. The van der Waals surface area contributed by atoms with Gasteiger partial charge in [-0.25, -0.2) is 0 Å². The Bertz CT molecular complexity index is 449. The number of rotatable bonds is 2. The Morgan fingerprint density at radius 3 is 2.94 bits per heavy atom. The SMILES string of the molecule is C=CCN1C(=O)C2=C3CCC(C)(C3)C2C1=O. The fraction of sp³-hybridized carbons (Fsp3) is 0.538. The van der Waals surface area contributed by atoms with Crippen LogP contribution in [0.5, 0.6) is 0 Å². The first-order valence-electron chi connectivity index (χ1n) is 5.77. The molecule has 2 fully saturated rings. The normalized spacial score (nSPS) is 36.3. The maximum absolute atomic E-state index is 12.2. The summed E-state index contributed by atoms with van der Waals surface area (Å²) >= 11 is 0. The number of hydrogen-bond acceptors (Lipinski definition) is 2. The van der Waals surface area contributed by atoms with Gasteiger partial charge in [-0.3, -0.25) is 14.5 Å². The highest BCUT2D eigenvalue weighted by Crippen LogP contribution is 2.59. The third kappa shape index (κ3) is 0.938. The van der Waals surface area contributed by atoms with Gasteiger partial charge in [0.2, 0.25) is 5.91 Å². The molecule has 2 aliphatic carbocycles. The number of imide groups is 1. The van der Waals surface area contributed by atoms with Crippen LogP contribution in [0.25, 0.3) is 0 Å². The molecule has 2 amide bonds. The van der Waals surface area contributed by atoms with E-state index in [0.717, 1.165) is 24.8 Å². The zero-order valence-electron chi connectivity index (χ0n) is 9.45. The second-order valence-electron chi connectivity index (χ2n) is 5.32. The summed E-state index contributed by atoms with van der Waals surface area (Å²) in [6, 6.07) is 0. The highest BCUT2D eigenvalue weighted by molar-refractivity contribution is 6.16. The van der Waals surface area contributed by atoms with E-state index in [1.54, 1.807) is 6.08 Å². The van der Waals surface area contributed by atoms with Crippen molar-refractivity contribution in [2.45, 2.75) is 26.2 Å². The van der Waals surface area contributed by atoms with Crippen molar-refractivity contribution in [3.8, 4) is 0 Å². The highest BCUT2D eigenvalue weighted by atomic mass is 16.2. The Morgan fingerprint density at radius 2 is 2.31 bits per heavy atom. The first-order chi connectivity index (χ1) is 7.58. The molecular weight excluding hydrogens is 202 g/mol. The van der Waals surface area contributed by atoms with Crippen molar-refractivity contribution in [2.24, 2.45) is 11.3 Å². The Labute approximate surface area is 94.8 Å². The first-order valence-corrected chi connectivity index (χ1v) is 5.77. The van der Waals surface area contributed by atoms with E-state index < -0.39 is 0 Å². The van der Waals surface area contributed by atoms with Gasteiger partial charge in [0.25, 0.3) is 5.91 Å². The van der Waals surface area contributed by atoms with E-state index in [1.165, 1.54) is 10.5 Å². The van der Waals surface area contributed by atoms with Crippen LogP contribution in [0.2, 0.25) is 0 Å². The summed E-state index contributed by atoms with van der Waals surface area (Å²) in [4.78, 5) is 25.7. The van der Waals surface area contributed by atoms with Gasteiger partial charge in [-0.2, -0.15) is 0 Å². The van der Waals surface area contributed by atoms with Crippen molar-refractivity contribution in [3.63, 3.8) is 0 Å². The van der Waals surface area contributed by atoms with Crippen molar-refractivity contribution >= 4 is 11.8 Å². The van der Waals surface area contributed by atoms with E-state index in [1.807, 2.05) is 0 Å². The van der Waals surface area contributed by atoms with Crippen LogP contribution < -0.4 is 0 Å². The minimum atomic E-state index is -0.149. The number of fused-ring (bicyclic) bond motifs is 4. The molecule has 1 saturated heterocycles. The summed E-state index contributed by atoms with van der Waals surface area (Å²) < 4.78 is 0. The molecule has 0 spiro atoms. The molecule has 0 aromatic heterocycles.